The van der Waals surface area contributed by atoms with E-state index in [2.05, 4.69) is 26.8 Å². The fourth-order valence-electron chi connectivity index (χ4n) is 8.27. The van der Waals surface area contributed by atoms with Crippen LogP contribution in [0.25, 0.3) is 0 Å². The lowest BCUT2D eigenvalue weighted by molar-refractivity contribution is -0.264. The summed E-state index contributed by atoms with van der Waals surface area (Å²) in [5.74, 6) is 0.285. The van der Waals surface area contributed by atoms with Gasteiger partial charge in [0.05, 0.1) is 0 Å². The van der Waals surface area contributed by atoms with E-state index in [-0.39, 0.29) is 23.2 Å². The zero-order chi connectivity index (χ0) is 21.2. The smallest absolute Gasteiger partial charge is 0.303 e. The number of allylic oxidation sites excluding steroid dienone is 1. The van der Waals surface area contributed by atoms with Gasteiger partial charge in [0.15, 0.2) is 5.79 Å². The number of ether oxygens (including phenoxy) is 1. The van der Waals surface area contributed by atoms with Gasteiger partial charge in [0.1, 0.15) is 6.10 Å². The van der Waals surface area contributed by atoms with Gasteiger partial charge in [-0.25, -0.2) is 0 Å². The SMILES string of the molecule is CO[C@]1(O)CC2=CC[C@H]3[C@@H]4CC[C@H](C(C)CC(=O)O)[C@@]4(C)CC[C@@H]3[C@@]2(C)C[C@@H]1O. The Morgan fingerprint density at radius 2 is 2.00 bits per heavy atom. The van der Waals surface area contributed by atoms with Crippen molar-refractivity contribution in [3.05, 3.63) is 11.6 Å². The molecule has 1 unspecified atom stereocenters. The van der Waals surface area contributed by atoms with Gasteiger partial charge in [-0.2, -0.15) is 0 Å². The summed E-state index contributed by atoms with van der Waals surface area (Å²) in [6.45, 7) is 6.84. The van der Waals surface area contributed by atoms with Crippen molar-refractivity contribution in [3.8, 4) is 0 Å². The third-order valence-electron chi connectivity index (χ3n) is 9.82. The van der Waals surface area contributed by atoms with Gasteiger partial charge in [0.2, 0.25) is 0 Å². The molecule has 0 aromatic rings. The van der Waals surface area contributed by atoms with E-state index in [0.717, 1.165) is 25.7 Å². The molecule has 0 heterocycles. The first kappa shape index (κ1) is 21.3. The third-order valence-corrected chi connectivity index (χ3v) is 9.82. The number of carboxylic acid groups (broad SMARTS) is 1. The molecule has 4 aliphatic rings. The van der Waals surface area contributed by atoms with Crippen LogP contribution < -0.4 is 0 Å². The largest absolute Gasteiger partial charge is 0.481 e. The molecular formula is C24H38O5. The average Bonchev–Trinajstić information content (AvgIpc) is 3.00. The van der Waals surface area contributed by atoms with Crippen molar-refractivity contribution >= 4 is 5.97 Å². The maximum Gasteiger partial charge on any atom is 0.303 e. The summed E-state index contributed by atoms with van der Waals surface area (Å²) in [6, 6.07) is 0. The van der Waals surface area contributed by atoms with Crippen molar-refractivity contribution in [2.24, 2.45) is 40.4 Å². The molecule has 4 aliphatic carbocycles. The molecule has 9 atom stereocenters. The Balaban J connectivity index is 1.60. The van der Waals surface area contributed by atoms with E-state index in [1.54, 1.807) is 0 Å². The van der Waals surface area contributed by atoms with Gasteiger partial charge >= 0.3 is 5.97 Å². The monoisotopic (exact) mass is 406 g/mol. The van der Waals surface area contributed by atoms with Crippen LogP contribution in [0.2, 0.25) is 0 Å². The lowest BCUT2D eigenvalue weighted by Gasteiger charge is -2.59. The van der Waals surface area contributed by atoms with Gasteiger partial charge < -0.3 is 20.1 Å². The Labute approximate surface area is 174 Å². The topological polar surface area (TPSA) is 87.0 Å². The van der Waals surface area contributed by atoms with Crippen molar-refractivity contribution in [2.45, 2.75) is 84.0 Å². The average molecular weight is 407 g/mol. The van der Waals surface area contributed by atoms with E-state index in [1.165, 1.54) is 19.1 Å². The molecule has 5 nitrogen and oxygen atoms in total. The Hall–Kier alpha value is -0.910. The number of aliphatic carboxylic acids is 1. The highest BCUT2D eigenvalue weighted by Gasteiger charge is 2.61. The fraction of sp³-hybridized carbons (Fsp3) is 0.875. The van der Waals surface area contributed by atoms with Gasteiger partial charge in [-0.05, 0) is 78.9 Å². The molecule has 0 bridgehead atoms. The van der Waals surface area contributed by atoms with Crippen LogP contribution in [0.4, 0.5) is 0 Å². The maximum atomic E-state index is 11.3. The lowest BCUT2D eigenvalue weighted by Crippen LogP contribution is -2.57. The van der Waals surface area contributed by atoms with Crippen LogP contribution in [0.5, 0.6) is 0 Å². The number of rotatable bonds is 4. The number of methoxy groups -OCH3 is 1. The summed E-state index contributed by atoms with van der Waals surface area (Å²) in [6.07, 6.45) is 8.30. The molecule has 0 saturated heterocycles. The fourth-order valence-corrected chi connectivity index (χ4v) is 8.27. The minimum atomic E-state index is -1.47. The van der Waals surface area contributed by atoms with Crippen LogP contribution in [0.15, 0.2) is 11.6 Å². The molecule has 3 N–H and O–H groups in total. The Morgan fingerprint density at radius 3 is 2.66 bits per heavy atom. The number of aliphatic hydroxyl groups excluding tert-OH is 1. The van der Waals surface area contributed by atoms with Gasteiger partial charge in [-0.1, -0.05) is 32.4 Å². The number of carbonyl (C=O) groups is 1. The summed E-state index contributed by atoms with van der Waals surface area (Å²) in [4.78, 5) is 11.3. The molecule has 0 amide bonds. The van der Waals surface area contributed by atoms with Crippen LogP contribution in [-0.4, -0.2) is 40.3 Å². The van der Waals surface area contributed by atoms with Gasteiger partial charge in [-0.3, -0.25) is 4.79 Å². The zero-order valence-electron chi connectivity index (χ0n) is 18.4. The molecule has 0 aliphatic heterocycles. The van der Waals surface area contributed by atoms with Crippen LogP contribution in [0, 0.1) is 40.4 Å². The molecule has 4 rings (SSSR count). The van der Waals surface area contributed by atoms with E-state index in [0.29, 0.717) is 36.5 Å². The lowest BCUT2D eigenvalue weighted by atomic mass is 9.46. The van der Waals surface area contributed by atoms with Crippen LogP contribution in [0.3, 0.4) is 0 Å². The molecule has 0 aromatic heterocycles. The third kappa shape index (κ3) is 3.11. The molecule has 3 fully saturated rings. The zero-order valence-corrected chi connectivity index (χ0v) is 18.4. The quantitative estimate of drug-likeness (QED) is 0.485. The van der Waals surface area contributed by atoms with E-state index in [4.69, 9.17) is 4.74 Å². The Morgan fingerprint density at radius 1 is 1.28 bits per heavy atom. The molecule has 0 radical (unpaired) electrons. The number of carboxylic acids is 1. The van der Waals surface area contributed by atoms with Crippen molar-refractivity contribution in [1.29, 1.82) is 0 Å². The Kier molecular flexibility index (Phi) is 5.20. The highest BCUT2D eigenvalue weighted by Crippen LogP contribution is 2.67. The second-order valence-electron chi connectivity index (χ2n) is 11.0. The predicted octanol–water partition coefficient (Wildman–Crippen LogP) is 3.98. The molecule has 0 aromatic carbocycles. The normalized spacial score (nSPS) is 50.1. The Bertz CT molecular complexity index is 703. The number of fused-ring (bicyclic) bond motifs is 5. The first-order valence-electron chi connectivity index (χ1n) is 11.4. The van der Waals surface area contributed by atoms with Gasteiger partial charge in [-0.15, -0.1) is 0 Å². The van der Waals surface area contributed by atoms with E-state index >= 15 is 0 Å². The first-order chi connectivity index (χ1) is 13.5. The molecule has 3 saturated carbocycles. The van der Waals surface area contributed by atoms with E-state index in [9.17, 15) is 20.1 Å². The van der Waals surface area contributed by atoms with Crippen molar-refractivity contribution < 1.29 is 24.9 Å². The summed E-state index contributed by atoms with van der Waals surface area (Å²) >= 11 is 0. The van der Waals surface area contributed by atoms with E-state index < -0.39 is 17.9 Å². The van der Waals surface area contributed by atoms with Crippen molar-refractivity contribution in [2.75, 3.05) is 7.11 Å². The summed E-state index contributed by atoms with van der Waals surface area (Å²) < 4.78 is 5.30. The minimum absolute atomic E-state index is 0.0841. The highest BCUT2D eigenvalue weighted by molar-refractivity contribution is 5.67. The first-order valence-corrected chi connectivity index (χ1v) is 11.4. The van der Waals surface area contributed by atoms with Crippen molar-refractivity contribution in [3.63, 3.8) is 0 Å². The maximum absolute atomic E-state index is 11.3. The highest BCUT2D eigenvalue weighted by atomic mass is 16.6. The molecule has 29 heavy (non-hydrogen) atoms. The molecule has 0 spiro atoms. The molecule has 164 valence electrons. The number of hydrogen-bond donors (Lipinski definition) is 3. The summed E-state index contributed by atoms with van der Waals surface area (Å²) in [5, 5.41) is 30.7. The molecular weight excluding hydrogens is 368 g/mol. The van der Waals surface area contributed by atoms with Crippen LogP contribution in [0.1, 0.15) is 72.1 Å². The van der Waals surface area contributed by atoms with Gasteiger partial charge in [0, 0.05) is 20.0 Å². The minimum Gasteiger partial charge on any atom is -0.481 e. The second kappa shape index (κ2) is 7.06. The molecule has 5 heteroatoms. The summed E-state index contributed by atoms with van der Waals surface area (Å²) in [7, 11) is 1.47. The summed E-state index contributed by atoms with van der Waals surface area (Å²) in [5.41, 5.74) is 1.39. The van der Waals surface area contributed by atoms with E-state index in [1.807, 2.05) is 0 Å². The van der Waals surface area contributed by atoms with Crippen LogP contribution >= 0.6 is 0 Å². The predicted molar refractivity (Wildman–Crippen MR) is 110 cm³/mol. The van der Waals surface area contributed by atoms with Crippen molar-refractivity contribution in [1.82, 2.24) is 0 Å². The number of aliphatic hydroxyl groups is 2. The van der Waals surface area contributed by atoms with Crippen LogP contribution in [-0.2, 0) is 9.53 Å². The second-order valence-corrected chi connectivity index (χ2v) is 11.0. The standard InChI is InChI=1S/C24H38O5/c1-14(11-21(26)27)17-7-8-18-16-6-5-15-12-24(28,29-4)20(25)13-23(15,3)19(16)9-10-22(17,18)2/h5,14,16-20,25,28H,6-13H2,1-4H3,(H,26,27)/t14?,16-,17+,18-,19-,20-,22+,23-,24+/m0/s1. The number of hydrogen-bond acceptors (Lipinski definition) is 4. The van der Waals surface area contributed by atoms with Gasteiger partial charge in [0.25, 0.3) is 0 Å².